The van der Waals surface area contributed by atoms with Crippen molar-refractivity contribution in [3.8, 4) is 17.0 Å². The smallest absolute Gasteiger partial charge is 0.341 e. The molecule has 2 aromatic rings. The summed E-state index contributed by atoms with van der Waals surface area (Å²) in [4.78, 5) is 11.1. The van der Waals surface area contributed by atoms with Crippen molar-refractivity contribution in [2.75, 3.05) is 12.3 Å². The lowest BCUT2D eigenvalue weighted by molar-refractivity contribution is 0.0699. The van der Waals surface area contributed by atoms with E-state index in [1.165, 1.54) is 0 Å². The van der Waals surface area contributed by atoms with Crippen molar-refractivity contribution < 1.29 is 14.6 Å². The zero-order valence-electron chi connectivity index (χ0n) is 10.5. The van der Waals surface area contributed by atoms with E-state index < -0.39 is 5.97 Å². The van der Waals surface area contributed by atoms with E-state index in [0.29, 0.717) is 17.9 Å². The monoisotopic (exact) mass is 261 g/mol. The number of rotatable bonds is 5. The molecule has 0 saturated carbocycles. The molecular weight excluding hydrogens is 246 g/mol. The average Bonchev–Trinajstić information content (AvgIpc) is 2.79. The van der Waals surface area contributed by atoms with E-state index >= 15 is 0 Å². The number of aromatic amines is 1. The van der Waals surface area contributed by atoms with Crippen LogP contribution in [-0.2, 0) is 0 Å². The normalized spacial score (nSPS) is 10.4. The summed E-state index contributed by atoms with van der Waals surface area (Å²) in [6.07, 6.45) is 0.933. The molecule has 0 spiro atoms. The lowest BCUT2D eigenvalue weighted by atomic mass is 10.1. The first-order chi connectivity index (χ1) is 9.13. The summed E-state index contributed by atoms with van der Waals surface area (Å²) in [7, 11) is 0. The van der Waals surface area contributed by atoms with Gasteiger partial charge in [-0.2, -0.15) is 5.10 Å². The van der Waals surface area contributed by atoms with Crippen LogP contribution in [0.5, 0.6) is 5.75 Å². The summed E-state index contributed by atoms with van der Waals surface area (Å²) in [5.74, 6) is -0.378. The van der Waals surface area contributed by atoms with Crippen molar-refractivity contribution in [2.45, 2.75) is 13.3 Å². The molecule has 0 aliphatic rings. The van der Waals surface area contributed by atoms with E-state index in [2.05, 4.69) is 10.2 Å². The highest BCUT2D eigenvalue weighted by Crippen LogP contribution is 2.26. The van der Waals surface area contributed by atoms with Crippen LogP contribution in [0.25, 0.3) is 11.3 Å². The van der Waals surface area contributed by atoms with Crippen LogP contribution < -0.4 is 10.5 Å². The molecule has 4 N–H and O–H groups in total. The third-order valence-corrected chi connectivity index (χ3v) is 2.62. The van der Waals surface area contributed by atoms with Crippen LogP contribution in [0.2, 0.25) is 0 Å². The minimum atomic E-state index is -1.10. The van der Waals surface area contributed by atoms with Gasteiger partial charge in [0.25, 0.3) is 0 Å². The predicted molar refractivity (Wildman–Crippen MR) is 71.2 cm³/mol. The first kappa shape index (κ1) is 12.9. The van der Waals surface area contributed by atoms with Gasteiger partial charge in [0.2, 0.25) is 0 Å². The number of carboxylic acid groups (broad SMARTS) is 1. The van der Waals surface area contributed by atoms with Gasteiger partial charge in [0.05, 0.1) is 12.3 Å². The molecule has 0 fully saturated rings. The van der Waals surface area contributed by atoms with Gasteiger partial charge in [-0.1, -0.05) is 6.92 Å². The van der Waals surface area contributed by atoms with Gasteiger partial charge in [0.1, 0.15) is 11.3 Å². The van der Waals surface area contributed by atoms with E-state index in [4.69, 9.17) is 15.6 Å². The summed E-state index contributed by atoms with van der Waals surface area (Å²) >= 11 is 0. The number of aromatic nitrogens is 2. The van der Waals surface area contributed by atoms with Gasteiger partial charge in [-0.15, -0.1) is 0 Å². The summed E-state index contributed by atoms with van der Waals surface area (Å²) in [6.45, 7) is 2.68. The molecule has 0 atom stereocenters. The highest BCUT2D eigenvalue weighted by molar-refractivity contribution is 5.99. The molecule has 100 valence electrons. The van der Waals surface area contributed by atoms with Gasteiger partial charge in [-0.25, -0.2) is 4.79 Å². The van der Waals surface area contributed by atoms with Gasteiger partial charge in [-0.3, -0.25) is 5.10 Å². The summed E-state index contributed by atoms with van der Waals surface area (Å²) in [5, 5.41) is 15.5. The fourth-order valence-corrected chi connectivity index (χ4v) is 1.72. The number of carboxylic acids is 1. The van der Waals surface area contributed by atoms with Crippen LogP contribution in [0.15, 0.2) is 24.3 Å². The first-order valence-corrected chi connectivity index (χ1v) is 5.93. The third-order valence-electron chi connectivity index (χ3n) is 2.62. The number of nitrogens with two attached hydrogens (primary N) is 1. The highest BCUT2D eigenvalue weighted by atomic mass is 16.5. The second-order valence-corrected chi connectivity index (χ2v) is 4.04. The van der Waals surface area contributed by atoms with Crippen LogP contribution in [-0.4, -0.2) is 27.9 Å². The summed E-state index contributed by atoms with van der Waals surface area (Å²) in [5.41, 5.74) is 6.61. The van der Waals surface area contributed by atoms with Gasteiger partial charge < -0.3 is 15.6 Å². The van der Waals surface area contributed by atoms with Gasteiger partial charge in [-0.05, 0) is 30.7 Å². The summed E-state index contributed by atoms with van der Waals surface area (Å²) in [6, 6.07) is 7.11. The Bertz CT molecular complexity index is 575. The number of nitrogens with zero attached hydrogens (tertiary/aromatic N) is 1. The maximum Gasteiger partial charge on any atom is 0.341 e. The molecular formula is C13H15N3O3. The Morgan fingerprint density at radius 1 is 1.42 bits per heavy atom. The molecule has 0 aliphatic heterocycles. The molecule has 1 aromatic heterocycles. The van der Waals surface area contributed by atoms with Crippen molar-refractivity contribution in [3.63, 3.8) is 0 Å². The van der Waals surface area contributed by atoms with Crippen molar-refractivity contribution in [1.29, 1.82) is 0 Å². The Labute approximate surface area is 110 Å². The maximum absolute atomic E-state index is 11.1. The van der Waals surface area contributed by atoms with Crippen molar-refractivity contribution in [1.82, 2.24) is 10.2 Å². The van der Waals surface area contributed by atoms with E-state index in [1.807, 2.05) is 6.92 Å². The zero-order valence-corrected chi connectivity index (χ0v) is 10.5. The van der Waals surface area contributed by atoms with Crippen molar-refractivity contribution in [3.05, 3.63) is 29.8 Å². The number of ether oxygens (including phenoxy) is 1. The Balaban J connectivity index is 2.30. The molecule has 0 unspecified atom stereocenters. The van der Waals surface area contributed by atoms with Gasteiger partial charge >= 0.3 is 5.97 Å². The number of benzene rings is 1. The standard InChI is InChI=1S/C13H15N3O3/c1-2-7-19-9-5-3-8(4-6-9)11-10(13(17)18)12(14)16-15-11/h3-6H,2,7H2,1H3,(H,17,18)(H3,14,15,16). The third kappa shape index (κ3) is 2.67. The largest absolute Gasteiger partial charge is 0.494 e. The lowest BCUT2D eigenvalue weighted by Crippen LogP contribution is -2.01. The molecule has 0 aliphatic carbocycles. The number of carbonyl (C=O) groups is 1. The first-order valence-electron chi connectivity index (χ1n) is 5.93. The van der Waals surface area contributed by atoms with Gasteiger partial charge in [0, 0.05) is 5.56 Å². The Kier molecular flexibility index (Phi) is 3.70. The zero-order chi connectivity index (χ0) is 13.8. The Hall–Kier alpha value is -2.50. The van der Waals surface area contributed by atoms with Crippen LogP contribution in [0.1, 0.15) is 23.7 Å². The van der Waals surface area contributed by atoms with E-state index in [-0.39, 0.29) is 11.4 Å². The number of H-pyrrole nitrogens is 1. The number of nitrogens with one attached hydrogen (secondary N) is 1. The second-order valence-electron chi connectivity index (χ2n) is 4.04. The molecule has 1 heterocycles. The minimum absolute atomic E-state index is 0.0118. The fourth-order valence-electron chi connectivity index (χ4n) is 1.72. The molecule has 2 rings (SSSR count). The van der Waals surface area contributed by atoms with E-state index in [0.717, 1.165) is 12.2 Å². The molecule has 6 nitrogen and oxygen atoms in total. The van der Waals surface area contributed by atoms with Crippen LogP contribution >= 0.6 is 0 Å². The number of hydrogen-bond acceptors (Lipinski definition) is 4. The van der Waals surface area contributed by atoms with Crippen LogP contribution in [0, 0.1) is 0 Å². The second kappa shape index (κ2) is 5.43. The number of aromatic carboxylic acids is 1. The highest BCUT2D eigenvalue weighted by Gasteiger charge is 2.18. The molecule has 0 amide bonds. The number of nitrogen functional groups attached to an aromatic ring is 1. The summed E-state index contributed by atoms with van der Waals surface area (Å²) < 4.78 is 5.46. The molecule has 0 bridgehead atoms. The molecule has 1 aromatic carbocycles. The molecule has 0 radical (unpaired) electrons. The quantitative estimate of drug-likeness (QED) is 0.765. The lowest BCUT2D eigenvalue weighted by Gasteiger charge is -2.05. The van der Waals surface area contributed by atoms with Crippen LogP contribution in [0.3, 0.4) is 0 Å². The number of hydrogen-bond donors (Lipinski definition) is 3. The topological polar surface area (TPSA) is 101 Å². The Morgan fingerprint density at radius 3 is 2.68 bits per heavy atom. The minimum Gasteiger partial charge on any atom is -0.494 e. The molecule has 6 heteroatoms. The van der Waals surface area contributed by atoms with Crippen molar-refractivity contribution >= 4 is 11.8 Å². The van der Waals surface area contributed by atoms with Crippen molar-refractivity contribution in [2.24, 2.45) is 0 Å². The maximum atomic E-state index is 11.1. The molecule has 19 heavy (non-hydrogen) atoms. The number of anilines is 1. The van der Waals surface area contributed by atoms with Crippen LogP contribution in [0.4, 0.5) is 5.82 Å². The Morgan fingerprint density at radius 2 is 2.11 bits per heavy atom. The van der Waals surface area contributed by atoms with E-state index in [9.17, 15) is 4.79 Å². The molecule has 0 saturated heterocycles. The fraction of sp³-hybridized carbons (Fsp3) is 0.231. The van der Waals surface area contributed by atoms with E-state index in [1.54, 1.807) is 24.3 Å². The average molecular weight is 261 g/mol. The van der Waals surface area contributed by atoms with Gasteiger partial charge in [0.15, 0.2) is 5.82 Å². The predicted octanol–water partition coefficient (Wildman–Crippen LogP) is 2.15. The SMILES string of the molecule is CCCOc1ccc(-c2[nH]nc(N)c2C(=O)O)cc1.